The van der Waals surface area contributed by atoms with E-state index in [1.54, 1.807) is 0 Å². The molecule has 94 valence electrons. The molecule has 0 saturated carbocycles. The highest BCUT2D eigenvalue weighted by atomic mass is 16.2. The number of hydrogen-bond donors (Lipinski definition) is 1. The molecule has 0 aromatic heterocycles. The van der Waals surface area contributed by atoms with Crippen LogP contribution in [0.2, 0.25) is 0 Å². The fourth-order valence-corrected chi connectivity index (χ4v) is 2.42. The first kappa shape index (κ1) is 13.5. The van der Waals surface area contributed by atoms with Gasteiger partial charge in [0.25, 0.3) is 0 Å². The Labute approximate surface area is 99.6 Å². The summed E-state index contributed by atoms with van der Waals surface area (Å²) in [6.07, 6.45) is 5.51. The van der Waals surface area contributed by atoms with Crippen molar-refractivity contribution in [2.24, 2.45) is 0 Å². The predicted octanol–water partition coefficient (Wildman–Crippen LogP) is 2.17. The largest absolute Gasteiger partial charge is 0.339 e. The number of carbonyl (C=O) groups is 1. The van der Waals surface area contributed by atoms with E-state index in [9.17, 15) is 4.79 Å². The van der Waals surface area contributed by atoms with E-state index >= 15 is 0 Å². The second-order valence-corrected chi connectivity index (χ2v) is 4.82. The SMILES string of the molecule is CCCNC1CCCN(C(C)CCC)C1=O. The molecule has 0 aromatic carbocycles. The third kappa shape index (κ3) is 3.48. The zero-order valence-electron chi connectivity index (χ0n) is 11.0. The summed E-state index contributed by atoms with van der Waals surface area (Å²) in [5.74, 6) is 0.320. The summed E-state index contributed by atoms with van der Waals surface area (Å²) < 4.78 is 0. The first-order chi connectivity index (χ1) is 7.70. The molecule has 1 fully saturated rings. The van der Waals surface area contributed by atoms with Gasteiger partial charge in [-0.25, -0.2) is 0 Å². The summed E-state index contributed by atoms with van der Waals surface area (Å²) >= 11 is 0. The normalized spacial score (nSPS) is 23.6. The van der Waals surface area contributed by atoms with Gasteiger partial charge in [0, 0.05) is 12.6 Å². The molecule has 16 heavy (non-hydrogen) atoms. The Bertz CT molecular complexity index is 218. The van der Waals surface area contributed by atoms with Crippen molar-refractivity contribution in [1.29, 1.82) is 0 Å². The Morgan fingerprint density at radius 2 is 2.19 bits per heavy atom. The average molecular weight is 226 g/mol. The molecular weight excluding hydrogens is 200 g/mol. The molecule has 3 heteroatoms. The molecule has 0 radical (unpaired) electrons. The van der Waals surface area contributed by atoms with E-state index in [4.69, 9.17) is 0 Å². The summed E-state index contributed by atoms with van der Waals surface area (Å²) in [5.41, 5.74) is 0. The Kier molecular flexibility index (Phi) is 5.81. The first-order valence-corrected chi connectivity index (χ1v) is 6.74. The second kappa shape index (κ2) is 6.89. The summed E-state index contributed by atoms with van der Waals surface area (Å²) in [6.45, 7) is 8.38. The molecule has 1 heterocycles. The highest BCUT2D eigenvalue weighted by molar-refractivity contribution is 5.82. The molecule has 0 spiro atoms. The Morgan fingerprint density at radius 3 is 2.81 bits per heavy atom. The Balaban J connectivity index is 2.49. The van der Waals surface area contributed by atoms with Crippen molar-refractivity contribution in [1.82, 2.24) is 10.2 Å². The summed E-state index contributed by atoms with van der Waals surface area (Å²) in [6, 6.07) is 0.483. The van der Waals surface area contributed by atoms with Crippen molar-refractivity contribution in [3.8, 4) is 0 Å². The number of nitrogens with one attached hydrogen (secondary N) is 1. The average Bonchev–Trinajstić information content (AvgIpc) is 2.28. The predicted molar refractivity (Wildman–Crippen MR) is 67.4 cm³/mol. The van der Waals surface area contributed by atoms with Crippen molar-refractivity contribution >= 4 is 5.91 Å². The fraction of sp³-hybridized carbons (Fsp3) is 0.923. The fourth-order valence-electron chi connectivity index (χ4n) is 2.42. The van der Waals surface area contributed by atoms with Crippen molar-refractivity contribution in [3.05, 3.63) is 0 Å². The van der Waals surface area contributed by atoms with Crippen LogP contribution in [0, 0.1) is 0 Å². The minimum atomic E-state index is 0.0769. The van der Waals surface area contributed by atoms with Crippen molar-refractivity contribution in [3.63, 3.8) is 0 Å². The summed E-state index contributed by atoms with van der Waals surface area (Å²) in [4.78, 5) is 14.3. The monoisotopic (exact) mass is 226 g/mol. The van der Waals surface area contributed by atoms with Crippen LogP contribution in [-0.4, -0.2) is 36.0 Å². The smallest absolute Gasteiger partial charge is 0.239 e. The van der Waals surface area contributed by atoms with Gasteiger partial charge in [-0.05, 0) is 39.2 Å². The Hall–Kier alpha value is -0.570. The quantitative estimate of drug-likeness (QED) is 0.753. The van der Waals surface area contributed by atoms with E-state index in [1.165, 1.54) is 0 Å². The molecule has 0 aliphatic carbocycles. The number of piperidine rings is 1. The number of hydrogen-bond acceptors (Lipinski definition) is 2. The number of nitrogens with zero attached hydrogens (tertiary/aromatic N) is 1. The van der Waals surface area contributed by atoms with E-state index < -0.39 is 0 Å². The van der Waals surface area contributed by atoms with Gasteiger partial charge in [-0.3, -0.25) is 4.79 Å². The molecule has 1 aliphatic heterocycles. The van der Waals surface area contributed by atoms with Crippen molar-refractivity contribution in [2.45, 2.75) is 65.0 Å². The zero-order valence-corrected chi connectivity index (χ0v) is 11.0. The number of carbonyl (C=O) groups excluding carboxylic acids is 1. The van der Waals surface area contributed by atoms with Gasteiger partial charge < -0.3 is 10.2 Å². The minimum Gasteiger partial charge on any atom is -0.339 e. The molecule has 3 nitrogen and oxygen atoms in total. The topological polar surface area (TPSA) is 32.3 Å². The summed E-state index contributed by atoms with van der Waals surface area (Å²) in [7, 11) is 0. The molecule has 1 saturated heterocycles. The van der Waals surface area contributed by atoms with E-state index in [1.807, 2.05) is 0 Å². The molecule has 1 rings (SSSR count). The van der Waals surface area contributed by atoms with Crippen LogP contribution in [0.15, 0.2) is 0 Å². The van der Waals surface area contributed by atoms with E-state index in [-0.39, 0.29) is 6.04 Å². The Morgan fingerprint density at radius 1 is 1.44 bits per heavy atom. The summed E-state index contributed by atoms with van der Waals surface area (Å²) in [5, 5.41) is 3.36. The van der Waals surface area contributed by atoms with Crippen LogP contribution in [0.25, 0.3) is 0 Å². The van der Waals surface area contributed by atoms with Gasteiger partial charge in [0.05, 0.1) is 6.04 Å². The molecule has 1 amide bonds. The third-order valence-corrected chi connectivity index (χ3v) is 3.35. The lowest BCUT2D eigenvalue weighted by Crippen LogP contribution is -2.53. The van der Waals surface area contributed by atoms with Crippen molar-refractivity contribution in [2.75, 3.05) is 13.1 Å². The van der Waals surface area contributed by atoms with Crippen LogP contribution in [0.4, 0.5) is 0 Å². The van der Waals surface area contributed by atoms with E-state index in [2.05, 4.69) is 31.0 Å². The van der Waals surface area contributed by atoms with E-state index in [0.29, 0.717) is 11.9 Å². The van der Waals surface area contributed by atoms with Gasteiger partial charge in [-0.15, -0.1) is 0 Å². The zero-order chi connectivity index (χ0) is 12.0. The highest BCUT2D eigenvalue weighted by Crippen LogP contribution is 2.17. The standard InChI is InChI=1S/C13H26N2O/c1-4-7-11(3)15-10-6-8-12(13(15)16)14-9-5-2/h11-12,14H,4-10H2,1-3H3. The van der Waals surface area contributed by atoms with E-state index in [0.717, 1.165) is 45.2 Å². The third-order valence-electron chi connectivity index (χ3n) is 3.35. The molecule has 1 N–H and O–H groups in total. The maximum Gasteiger partial charge on any atom is 0.239 e. The molecule has 2 atom stereocenters. The molecule has 0 bridgehead atoms. The highest BCUT2D eigenvalue weighted by Gasteiger charge is 2.30. The van der Waals surface area contributed by atoms with Crippen molar-refractivity contribution < 1.29 is 4.79 Å². The van der Waals surface area contributed by atoms with Gasteiger partial charge in [-0.2, -0.15) is 0 Å². The van der Waals surface area contributed by atoms with Gasteiger partial charge in [0.2, 0.25) is 5.91 Å². The minimum absolute atomic E-state index is 0.0769. The number of likely N-dealkylation sites (tertiary alicyclic amines) is 1. The lowest BCUT2D eigenvalue weighted by Gasteiger charge is -2.37. The second-order valence-electron chi connectivity index (χ2n) is 4.82. The van der Waals surface area contributed by atoms with Crippen LogP contribution in [-0.2, 0) is 4.79 Å². The maximum absolute atomic E-state index is 12.2. The molecule has 0 aromatic rings. The van der Waals surface area contributed by atoms with Crippen LogP contribution in [0.5, 0.6) is 0 Å². The van der Waals surface area contributed by atoms with Gasteiger partial charge in [0.15, 0.2) is 0 Å². The van der Waals surface area contributed by atoms with Crippen LogP contribution >= 0.6 is 0 Å². The molecule has 2 unspecified atom stereocenters. The van der Waals surface area contributed by atoms with Gasteiger partial charge in [-0.1, -0.05) is 20.3 Å². The maximum atomic E-state index is 12.2. The van der Waals surface area contributed by atoms with Gasteiger partial charge >= 0.3 is 0 Å². The van der Waals surface area contributed by atoms with Crippen LogP contribution < -0.4 is 5.32 Å². The van der Waals surface area contributed by atoms with Crippen LogP contribution in [0.1, 0.15) is 52.9 Å². The number of rotatable bonds is 6. The first-order valence-electron chi connectivity index (χ1n) is 6.74. The number of amides is 1. The van der Waals surface area contributed by atoms with Crippen LogP contribution in [0.3, 0.4) is 0 Å². The van der Waals surface area contributed by atoms with Gasteiger partial charge in [0.1, 0.15) is 0 Å². The molecule has 1 aliphatic rings. The lowest BCUT2D eigenvalue weighted by atomic mass is 10.0. The molecular formula is C13H26N2O. The lowest BCUT2D eigenvalue weighted by molar-refractivity contribution is -0.138.